The maximum Gasteiger partial charge on any atom is 0.134 e. The van der Waals surface area contributed by atoms with Crippen LogP contribution in [0.25, 0.3) is 11.0 Å². The second-order valence-electron chi connectivity index (χ2n) is 5.98. The minimum Gasteiger partial charge on any atom is -0.461 e. The van der Waals surface area contributed by atoms with Crippen molar-refractivity contribution in [2.24, 2.45) is 5.92 Å². The van der Waals surface area contributed by atoms with Gasteiger partial charge in [0.1, 0.15) is 11.3 Å². The third-order valence-corrected chi connectivity index (χ3v) is 3.48. The number of fused-ring (bicyclic) bond motifs is 1. The molecule has 2 rings (SSSR count). The fourth-order valence-electron chi connectivity index (χ4n) is 2.28. The van der Waals surface area contributed by atoms with Gasteiger partial charge in [-0.3, -0.25) is 0 Å². The number of nitrogens with one attached hydrogen (secondary N) is 1. The Bertz CT molecular complexity index is 527. The van der Waals surface area contributed by atoms with Gasteiger partial charge in [-0.1, -0.05) is 32.4 Å². The van der Waals surface area contributed by atoms with Crippen molar-refractivity contribution in [3.63, 3.8) is 0 Å². The highest BCUT2D eigenvalue weighted by Crippen LogP contribution is 2.27. The molecule has 0 spiro atoms. The second kappa shape index (κ2) is 6.25. The summed E-state index contributed by atoms with van der Waals surface area (Å²) in [5, 5.41) is 4.71. The number of hydrogen-bond acceptors (Lipinski definition) is 2. The molecule has 0 aliphatic heterocycles. The van der Waals surface area contributed by atoms with Crippen molar-refractivity contribution in [2.45, 2.75) is 40.0 Å². The van der Waals surface area contributed by atoms with Gasteiger partial charge in [0.2, 0.25) is 0 Å². The monoisotopic (exact) mass is 259 g/mol. The summed E-state index contributed by atoms with van der Waals surface area (Å²) in [4.78, 5) is 0. The van der Waals surface area contributed by atoms with Crippen LogP contribution in [0.3, 0.4) is 0 Å². The molecule has 1 aromatic carbocycles. The molecule has 0 saturated carbocycles. The summed E-state index contributed by atoms with van der Waals surface area (Å²) >= 11 is 0. The maximum atomic E-state index is 5.94. The van der Waals surface area contributed by atoms with Crippen LogP contribution in [0, 0.1) is 12.8 Å². The first-order valence-electron chi connectivity index (χ1n) is 7.27. The first-order chi connectivity index (χ1) is 9.06. The molecule has 0 aliphatic rings. The van der Waals surface area contributed by atoms with Crippen molar-refractivity contribution in [2.75, 3.05) is 13.1 Å². The average molecular weight is 259 g/mol. The van der Waals surface area contributed by atoms with Gasteiger partial charge in [-0.2, -0.15) is 0 Å². The van der Waals surface area contributed by atoms with Crippen LogP contribution in [0.15, 0.2) is 28.7 Å². The molecule has 0 bridgehead atoms. The van der Waals surface area contributed by atoms with E-state index in [9.17, 15) is 0 Å². The summed E-state index contributed by atoms with van der Waals surface area (Å²) in [6, 6.07) is 8.55. The Kier molecular flexibility index (Phi) is 4.65. The van der Waals surface area contributed by atoms with Crippen LogP contribution in [0.2, 0.25) is 0 Å². The van der Waals surface area contributed by atoms with Gasteiger partial charge in [0.25, 0.3) is 0 Å². The average Bonchev–Trinajstić information content (AvgIpc) is 2.77. The third-order valence-electron chi connectivity index (χ3n) is 3.48. The van der Waals surface area contributed by atoms with Crippen LogP contribution >= 0.6 is 0 Å². The minimum atomic E-state index is 0.465. The van der Waals surface area contributed by atoms with E-state index in [2.05, 4.69) is 57.3 Å². The third kappa shape index (κ3) is 3.84. The zero-order chi connectivity index (χ0) is 13.8. The van der Waals surface area contributed by atoms with Gasteiger partial charge < -0.3 is 9.73 Å². The molecule has 0 aliphatic carbocycles. The molecule has 2 nitrogen and oxygen atoms in total. The SMILES string of the molecule is Cc1ccc2oc(C(C)CCNCC(C)C)cc2c1. The normalized spacial score (nSPS) is 13.3. The molecule has 0 saturated heterocycles. The lowest BCUT2D eigenvalue weighted by Gasteiger charge is -2.10. The van der Waals surface area contributed by atoms with E-state index in [-0.39, 0.29) is 0 Å². The highest BCUT2D eigenvalue weighted by Gasteiger charge is 2.11. The van der Waals surface area contributed by atoms with E-state index in [0.717, 1.165) is 30.9 Å². The first-order valence-corrected chi connectivity index (χ1v) is 7.27. The predicted molar refractivity (Wildman–Crippen MR) is 81.7 cm³/mol. The Balaban J connectivity index is 1.95. The largest absolute Gasteiger partial charge is 0.461 e. The maximum absolute atomic E-state index is 5.94. The molecule has 104 valence electrons. The topological polar surface area (TPSA) is 25.2 Å². The van der Waals surface area contributed by atoms with Crippen molar-refractivity contribution in [3.8, 4) is 0 Å². The fraction of sp³-hybridized carbons (Fsp3) is 0.529. The summed E-state index contributed by atoms with van der Waals surface area (Å²) in [6.07, 6.45) is 1.12. The first kappa shape index (κ1) is 14.1. The fourth-order valence-corrected chi connectivity index (χ4v) is 2.28. The quantitative estimate of drug-likeness (QED) is 0.774. The molecule has 1 atom stereocenters. The Labute approximate surface area is 116 Å². The van der Waals surface area contributed by atoms with Crippen molar-refractivity contribution in [1.29, 1.82) is 0 Å². The molecule has 2 aromatic rings. The number of benzene rings is 1. The standard InChI is InChI=1S/C17H25NO/c1-12(2)11-18-8-7-14(4)17-10-15-9-13(3)5-6-16(15)19-17/h5-6,9-10,12,14,18H,7-8,11H2,1-4H3. The van der Waals surface area contributed by atoms with Crippen molar-refractivity contribution in [3.05, 3.63) is 35.6 Å². The molecule has 0 fully saturated rings. The van der Waals surface area contributed by atoms with Gasteiger partial charge >= 0.3 is 0 Å². The molecule has 1 aromatic heterocycles. The van der Waals surface area contributed by atoms with Crippen LogP contribution in [-0.2, 0) is 0 Å². The van der Waals surface area contributed by atoms with Crippen molar-refractivity contribution >= 4 is 11.0 Å². The summed E-state index contributed by atoms with van der Waals surface area (Å²) in [5.41, 5.74) is 2.29. The summed E-state index contributed by atoms with van der Waals surface area (Å²) in [7, 11) is 0. The summed E-state index contributed by atoms with van der Waals surface area (Å²) in [6.45, 7) is 11.0. The molecule has 19 heavy (non-hydrogen) atoms. The van der Waals surface area contributed by atoms with Crippen LogP contribution in [0.4, 0.5) is 0 Å². The van der Waals surface area contributed by atoms with E-state index in [1.807, 2.05) is 0 Å². The second-order valence-corrected chi connectivity index (χ2v) is 5.98. The molecular weight excluding hydrogens is 234 g/mol. The van der Waals surface area contributed by atoms with Crippen LogP contribution < -0.4 is 5.32 Å². The van der Waals surface area contributed by atoms with Gasteiger partial charge in [0.05, 0.1) is 0 Å². The van der Waals surface area contributed by atoms with E-state index in [1.54, 1.807) is 0 Å². The smallest absolute Gasteiger partial charge is 0.134 e. The highest BCUT2D eigenvalue weighted by molar-refractivity contribution is 5.78. The van der Waals surface area contributed by atoms with Gasteiger partial charge in [0.15, 0.2) is 0 Å². The lowest BCUT2D eigenvalue weighted by molar-refractivity contribution is 0.467. The van der Waals surface area contributed by atoms with Gasteiger partial charge in [-0.15, -0.1) is 0 Å². The lowest BCUT2D eigenvalue weighted by Crippen LogP contribution is -2.21. The van der Waals surface area contributed by atoms with Gasteiger partial charge in [0, 0.05) is 11.3 Å². The molecular formula is C17H25NO. The van der Waals surface area contributed by atoms with Gasteiger partial charge in [-0.05, 0) is 50.6 Å². The van der Waals surface area contributed by atoms with E-state index >= 15 is 0 Å². The number of hydrogen-bond donors (Lipinski definition) is 1. The Morgan fingerprint density at radius 1 is 1.16 bits per heavy atom. The molecule has 1 heterocycles. The highest BCUT2D eigenvalue weighted by atomic mass is 16.3. The Morgan fingerprint density at radius 3 is 2.68 bits per heavy atom. The Morgan fingerprint density at radius 2 is 1.95 bits per heavy atom. The van der Waals surface area contributed by atoms with E-state index < -0.39 is 0 Å². The zero-order valence-corrected chi connectivity index (χ0v) is 12.5. The van der Waals surface area contributed by atoms with Crippen molar-refractivity contribution in [1.82, 2.24) is 5.32 Å². The predicted octanol–water partition coefficient (Wildman–Crippen LogP) is 4.48. The van der Waals surface area contributed by atoms with Crippen LogP contribution in [0.1, 0.15) is 44.4 Å². The molecule has 2 heteroatoms. The number of aryl methyl sites for hydroxylation is 1. The Hall–Kier alpha value is -1.28. The van der Waals surface area contributed by atoms with E-state index in [0.29, 0.717) is 11.8 Å². The molecule has 1 unspecified atom stereocenters. The van der Waals surface area contributed by atoms with Gasteiger partial charge in [-0.25, -0.2) is 0 Å². The summed E-state index contributed by atoms with van der Waals surface area (Å²) in [5.74, 6) is 2.28. The van der Waals surface area contributed by atoms with Crippen molar-refractivity contribution < 1.29 is 4.42 Å². The molecule has 0 radical (unpaired) electrons. The zero-order valence-electron chi connectivity index (χ0n) is 12.5. The molecule has 1 N–H and O–H groups in total. The molecule has 0 amide bonds. The van der Waals surface area contributed by atoms with Crippen LogP contribution in [0.5, 0.6) is 0 Å². The van der Waals surface area contributed by atoms with E-state index in [4.69, 9.17) is 4.42 Å². The van der Waals surface area contributed by atoms with E-state index in [1.165, 1.54) is 10.9 Å². The lowest BCUT2D eigenvalue weighted by atomic mass is 10.0. The number of furan rings is 1. The summed E-state index contributed by atoms with van der Waals surface area (Å²) < 4.78 is 5.94. The minimum absolute atomic E-state index is 0.465. The number of rotatable bonds is 6. The van der Waals surface area contributed by atoms with Crippen LogP contribution in [-0.4, -0.2) is 13.1 Å².